The molecule has 1 aliphatic rings. The second-order valence-corrected chi connectivity index (χ2v) is 5.39. The van der Waals surface area contributed by atoms with E-state index in [9.17, 15) is 9.59 Å². The van der Waals surface area contributed by atoms with Crippen LogP contribution in [0.25, 0.3) is 0 Å². The summed E-state index contributed by atoms with van der Waals surface area (Å²) in [5.41, 5.74) is 0.200. The van der Waals surface area contributed by atoms with Gasteiger partial charge < -0.3 is 9.73 Å². The standard InChI is InChI=1S/C13H20N2O3/c1-8(2)9-3-5-10(6-4-9)14-12(16)11-7-18-13(17)15-11/h7-10H,3-6H2,1-2H3,(H,14,16)(H,15,17). The molecule has 0 radical (unpaired) electrons. The molecule has 1 aliphatic carbocycles. The Morgan fingerprint density at radius 3 is 2.56 bits per heavy atom. The van der Waals surface area contributed by atoms with Gasteiger partial charge in [0.2, 0.25) is 0 Å². The summed E-state index contributed by atoms with van der Waals surface area (Å²) in [6.45, 7) is 4.50. The minimum Gasteiger partial charge on any atom is -0.416 e. The second-order valence-electron chi connectivity index (χ2n) is 5.39. The Bertz CT molecular complexity index is 453. The Morgan fingerprint density at radius 1 is 1.39 bits per heavy atom. The molecule has 0 bridgehead atoms. The molecule has 1 aromatic heterocycles. The van der Waals surface area contributed by atoms with Gasteiger partial charge in [-0.3, -0.25) is 9.78 Å². The highest BCUT2D eigenvalue weighted by molar-refractivity contribution is 5.91. The molecule has 1 amide bonds. The van der Waals surface area contributed by atoms with E-state index in [4.69, 9.17) is 0 Å². The van der Waals surface area contributed by atoms with Crippen LogP contribution >= 0.6 is 0 Å². The number of amides is 1. The maximum atomic E-state index is 11.8. The van der Waals surface area contributed by atoms with Gasteiger partial charge in [-0.15, -0.1) is 0 Å². The van der Waals surface area contributed by atoms with Gasteiger partial charge in [0.1, 0.15) is 12.0 Å². The topological polar surface area (TPSA) is 75.1 Å². The van der Waals surface area contributed by atoms with E-state index < -0.39 is 5.76 Å². The normalized spacial score (nSPS) is 24.2. The molecule has 0 atom stereocenters. The minimum absolute atomic E-state index is 0.200. The van der Waals surface area contributed by atoms with Gasteiger partial charge in [0.05, 0.1) is 0 Å². The first-order chi connectivity index (χ1) is 8.56. The lowest BCUT2D eigenvalue weighted by Gasteiger charge is -2.31. The monoisotopic (exact) mass is 252 g/mol. The van der Waals surface area contributed by atoms with E-state index in [2.05, 4.69) is 28.6 Å². The molecule has 1 aromatic rings. The summed E-state index contributed by atoms with van der Waals surface area (Å²) in [6.07, 6.45) is 5.50. The van der Waals surface area contributed by atoms with Crippen LogP contribution in [-0.4, -0.2) is 16.9 Å². The van der Waals surface area contributed by atoms with Crippen molar-refractivity contribution in [3.8, 4) is 0 Å². The zero-order valence-electron chi connectivity index (χ0n) is 10.9. The van der Waals surface area contributed by atoms with E-state index >= 15 is 0 Å². The highest BCUT2D eigenvalue weighted by Gasteiger charge is 2.24. The molecule has 5 nitrogen and oxygen atoms in total. The second kappa shape index (κ2) is 5.42. The molecular formula is C13H20N2O3. The highest BCUT2D eigenvalue weighted by Crippen LogP contribution is 2.29. The van der Waals surface area contributed by atoms with Crippen LogP contribution in [0.2, 0.25) is 0 Å². The maximum absolute atomic E-state index is 11.8. The van der Waals surface area contributed by atoms with Gasteiger partial charge >= 0.3 is 5.76 Å². The number of oxazole rings is 1. The lowest BCUT2D eigenvalue weighted by atomic mass is 9.80. The number of aromatic nitrogens is 1. The van der Waals surface area contributed by atoms with Crippen LogP contribution in [0.3, 0.4) is 0 Å². The molecule has 1 heterocycles. The number of nitrogens with one attached hydrogen (secondary N) is 2. The Morgan fingerprint density at radius 2 is 2.06 bits per heavy atom. The largest absolute Gasteiger partial charge is 0.416 e. The Kier molecular flexibility index (Phi) is 3.89. The number of aromatic amines is 1. The molecule has 1 fully saturated rings. The molecule has 1 saturated carbocycles. The summed E-state index contributed by atoms with van der Waals surface area (Å²) in [4.78, 5) is 25.0. The van der Waals surface area contributed by atoms with Crippen molar-refractivity contribution in [1.82, 2.24) is 10.3 Å². The summed E-state index contributed by atoms with van der Waals surface area (Å²) in [7, 11) is 0. The van der Waals surface area contributed by atoms with Crippen molar-refractivity contribution in [3.05, 3.63) is 22.5 Å². The molecule has 0 unspecified atom stereocenters. The lowest BCUT2D eigenvalue weighted by Crippen LogP contribution is -2.38. The van der Waals surface area contributed by atoms with E-state index in [1.807, 2.05) is 0 Å². The summed E-state index contributed by atoms with van der Waals surface area (Å²) in [6, 6.07) is 0.214. The van der Waals surface area contributed by atoms with Crippen molar-refractivity contribution in [1.29, 1.82) is 0 Å². The SMILES string of the molecule is CC(C)C1CCC(NC(=O)c2coc(=O)[nH]2)CC1. The van der Waals surface area contributed by atoms with Crippen molar-refractivity contribution in [2.75, 3.05) is 0 Å². The van der Waals surface area contributed by atoms with Crippen LogP contribution in [-0.2, 0) is 0 Å². The van der Waals surface area contributed by atoms with Crippen molar-refractivity contribution >= 4 is 5.91 Å². The van der Waals surface area contributed by atoms with Crippen LogP contribution in [0.15, 0.2) is 15.5 Å². The molecular weight excluding hydrogens is 232 g/mol. The van der Waals surface area contributed by atoms with Crippen molar-refractivity contribution in [3.63, 3.8) is 0 Å². The van der Waals surface area contributed by atoms with Crippen molar-refractivity contribution in [2.45, 2.75) is 45.6 Å². The molecule has 100 valence electrons. The summed E-state index contributed by atoms with van der Waals surface area (Å²) >= 11 is 0. The van der Waals surface area contributed by atoms with E-state index in [0.717, 1.165) is 37.9 Å². The maximum Gasteiger partial charge on any atom is 0.416 e. The number of carbonyl (C=O) groups is 1. The number of carbonyl (C=O) groups excluding carboxylic acids is 1. The number of hydrogen-bond acceptors (Lipinski definition) is 3. The van der Waals surface area contributed by atoms with Crippen LogP contribution < -0.4 is 11.1 Å². The quantitative estimate of drug-likeness (QED) is 0.862. The summed E-state index contributed by atoms with van der Waals surface area (Å²) in [5, 5.41) is 2.94. The van der Waals surface area contributed by atoms with Gasteiger partial charge in [-0.2, -0.15) is 0 Å². The van der Waals surface area contributed by atoms with Gasteiger partial charge in [0, 0.05) is 6.04 Å². The smallest absolute Gasteiger partial charge is 0.416 e. The average molecular weight is 252 g/mol. The molecule has 0 spiro atoms. The minimum atomic E-state index is -0.594. The van der Waals surface area contributed by atoms with Gasteiger partial charge in [0.25, 0.3) is 5.91 Å². The third-order valence-corrected chi connectivity index (χ3v) is 3.82. The van der Waals surface area contributed by atoms with E-state index in [0.29, 0.717) is 5.92 Å². The van der Waals surface area contributed by atoms with Crippen LogP contribution in [0.5, 0.6) is 0 Å². The molecule has 0 aliphatic heterocycles. The van der Waals surface area contributed by atoms with Gasteiger partial charge in [-0.1, -0.05) is 13.8 Å². The molecule has 2 N–H and O–H groups in total. The van der Waals surface area contributed by atoms with Gasteiger partial charge in [-0.25, -0.2) is 4.79 Å². The first kappa shape index (κ1) is 12.9. The summed E-state index contributed by atoms with van der Waals surface area (Å²) in [5.74, 6) is 0.635. The molecule has 0 aromatic carbocycles. The third kappa shape index (κ3) is 3.03. The van der Waals surface area contributed by atoms with E-state index in [1.54, 1.807) is 0 Å². The lowest BCUT2D eigenvalue weighted by molar-refractivity contribution is 0.0912. The van der Waals surface area contributed by atoms with Crippen LogP contribution in [0.4, 0.5) is 0 Å². The zero-order chi connectivity index (χ0) is 13.1. The predicted octanol–water partition coefficient (Wildman–Crippen LogP) is 1.91. The van der Waals surface area contributed by atoms with Crippen LogP contribution in [0.1, 0.15) is 50.0 Å². The Labute approximate surface area is 106 Å². The number of rotatable bonds is 3. The van der Waals surface area contributed by atoms with E-state index in [1.165, 1.54) is 0 Å². The van der Waals surface area contributed by atoms with Gasteiger partial charge in [0.15, 0.2) is 0 Å². The molecule has 2 rings (SSSR count). The fourth-order valence-corrected chi connectivity index (χ4v) is 2.58. The molecule has 5 heteroatoms. The Hall–Kier alpha value is -1.52. The zero-order valence-corrected chi connectivity index (χ0v) is 10.9. The number of hydrogen-bond donors (Lipinski definition) is 2. The molecule has 18 heavy (non-hydrogen) atoms. The predicted molar refractivity (Wildman–Crippen MR) is 67.4 cm³/mol. The van der Waals surface area contributed by atoms with Crippen molar-refractivity contribution in [2.24, 2.45) is 11.8 Å². The molecule has 0 saturated heterocycles. The first-order valence-electron chi connectivity index (χ1n) is 6.55. The number of H-pyrrole nitrogens is 1. The fraction of sp³-hybridized carbons (Fsp3) is 0.692. The Balaban J connectivity index is 1.85. The average Bonchev–Trinajstić information content (AvgIpc) is 2.76. The highest BCUT2D eigenvalue weighted by atomic mass is 16.4. The fourth-order valence-electron chi connectivity index (χ4n) is 2.58. The van der Waals surface area contributed by atoms with Gasteiger partial charge in [-0.05, 0) is 37.5 Å². The summed E-state index contributed by atoms with van der Waals surface area (Å²) < 4.78 is 4.55. The third-order valence-electron chi connectivity index (χ3n) is 3.82. The first-order valence-corrected chi connectivity index (χ1v) is 6.55. The van der Waals surface area contributed by atoms with Crippen LogP contribution in [0, 0.1) is 11.8 Å². The van der Waals surface area contributed by atoms with Crippen molar-refractivity contribution < 1.29 is 9.21 Å². The van der Waals surface area contributed by atoms with E-state index in [-0.39, 0.29) is 17.6 Å².